The van der Waals surface area contributed by atoms with E-state index < -0.39 is 0 Å². The molecule has 4 heteroatoms. The molecule has 0 aromatic rings. The van der Waals surface area contributed by atoms with Gasteiger partial charge in [-0.25, -0.2) is 0 Å². The lowest BCUT2D eigenvalue weighted by Gasteiger charge is -2.48. The van der Waals surface area contributed by atoms with Gasteiger partial charge in [-0.3, -0.25) is 4.79 Å². The Morgan fingerprint density at radius 3 is 2.82 bits per heavy atom. The van der Waals surface area contributed by atoms with Crippen LogP contribution in [0.15, 0.2) is 0 Å². The van der Waals surface area contributed by atoms with E-state index in [0.29, 0.717) is 18.0 Å². The summed E-state index contributed by atoms with van der Waals surface area (Å²) in [6.07, 6.45) is 6.74. The monoisotopic (exact) mass is 239 g/mol. The molecule has 98 valence electrons. The highest BCUT2D eigenvalue weighted by Gasteiger charge is 2.41. The van der Waals surface area contributed by atoms with Gasteiger partial charge in [0, 0.05) is 24.5 Å². The Bertz CT molecular complexity index is 274. The highest BCUT2D eigenvalue weighted by Crippen LogP contribution is 2.38. The van der Waals surface area contributed by atoms with Gasteiger partial charge in [0.15, 0.2) is 0 Å². The fourth-order valence-electron chi connectivity index (χ4n) is 2.89. The van der Waals surface area contributed by atoms with E-state index in [0.717, 1.165) is 25.9 Å². The molecule has 1 spiro atoms. The summed E-state index contributed by atoms with van der Waals surface area (Å²) >= 11 is 0. The van der Waals surface area contributed by atoms with Crippen molar-refractivity contribution in [2.45, 2.75) is 50.1 Å². The molecule has 1 heterocycles. The van der Waals surface area contributed by atoms with Crippen LogP contribution >= 0.6 is 0 Å². The number of hydrogen-bond donors (Lipinski definition) is 2. The molecule has 2 fully saturated rings. The third-order valence-electron chi connectivity index (χ3n) is 4.09. The van der Waals surface area contributed by atoms with Crippen LogP contribution in [0.4, 0.5) is 0 Å². The minimum absolute atomic E-state index is 0.208. The van der Waals surface area contributed by atoms with Crippen molar-refractivity contribution in [3.05, 3.63) is 0 Å². The molecule has 1 amide bonds. The molecule has 0 aromatic heterocycles. The molecule has 2 N–H and O–H groups in total. The maximum atomic E-state index is 11.8. The van der Waals surface area contributed by atoms with Crippen LogP contribution < -0.4 is 10.6 Å². The lowest BCUT2D eigenvalue weighted by atomic mass is 9.70. The average Bonchev–Trinajstić information content (AvgIpc) is 2.25. The van der Waals surface area contributed by atoms with Gasteiger partial charge >= 0.3 is 0 Å². The lowest BCUT2D eigenvalue weighted by Crippen LogP contribution is -2.59. The first-order chi connectivity index (χ1) is 8.10. The smallest absolute Gasteiger partial charge is 0.221 e. The van der Waals surface area contributed by atoms with Gasteiger partial charge in [0.25, 0.3) is 0 Å². The molecular weight excluding hydrogens is 214 g/mol. The Morgan fingerprint density at radius 1 is 1.47 bits per heavy atom. The number of piperidine rings is 1. The van der Waals surface area contributed by atoms with E-state index in [2.05, 4.69) is 15.5 Å². The zero-order chi connectivity index (χ0) is 12.3. The zero-order valence-corrected chi connectivity index (χ0v) is 11.1. The second kappa shape index (κ2) is 5.36. The molecule has 1 saturated heterocycles. The van der Waals surface area contributed by atoms with Crippen LogP contribution in [-0.2, 0) is 4.79 Å². The summed E-state index contributed by atoms with van der Waals surface area (Å²) in [5, 5.41) is 6.82. The van der Waals surface area contributed by atoms with Gasteiger partial charge in [-0.2, -0.15) is 0 Å². The zero-order valence-electron chi connectivity index (χ0n) is 11.1. The van der Waals surface area contributed by atoms with Crippen molar-refractivity contribution >= 4 is 5.91 Å². The standard InChI is InChI=1S/C13H25N3O/c1-16(2)9-5-12(17)15-11-4-8-14-13(10-11)6-3-7-13/h11,14H,3-10H2,1-2H3,(H,15,17). The number of rotatable bonds is 4. The molecule has 0 bridgehead atoms. The lowest BCUT2D eigenvalue weighted by molar-refractivity contribution is -0.122. The molecule has 0 radical (unpaired) electrons. The largest absolute Gasteiger partial charge is 0.353 e. The molecule has 2 aliphatic rings. The van der Waals surface area contributed by atoms with Crippen LogP contribution in [0.25, 0.3) is 0 Å². The van der Waals surface area contributed by atoms with Crippen LogP contribution in [0.3, 0.4) is 0 Å². The first-order valence-electron chi connectivity index (χ1n) is 6.79. The number of nitrogens with one attached hydrogen (secondary N) is 2. The Balaban J connectivity index is 1.73. The highest BCUT2D eigenvalue weighted by atomic mass is 16.1. The summed E-state index contributed by atoms with van der Waals surface area (Å²) in [5.41, 5.74) is 0.373. The fraction of sp³-hybridized carbons (Fsp3) is 0.923. The fourth-order valence-corrected chi connectivity index (χ4v) is 2.89. The van der Waals surface area contributed by atoms with E-state index in [9.17, 15) is 4.79 Å². The third kappa shape index (κ3) is 3.42. The van der Waals surface area contributed by atoms with E-state index in [1.165, 1.54) is 19.3 Å². The van der Waals surface area contributed by atoms with E-state index >= 15 is 0 Å². The number of carbonyl (C=O) groups excluding carboxylic acids is 1. The average molecular weight is 239 g/mol. The Hall–Kier alpha value is -0.610. The first kappa shape index (κ1) is 12.8. The van der Waals surface area contributed by atoms with E-state index in [-0.39, 0.29) is 5.91 Å². The normalized spacial score (nSPS) is 26.9. The van der Waals surface area contributed by atoms with Crippen LogP contribution in [0.5, 0.6) is 0 Å². The van der Waals surface area contributed by atoms with Gasteiger partial charge < -0.3 is 15.5 Å². The molecular formula is C13H25N3O. The minimum Gasteiger partial charge on any atom is -0.353 e. The Morgan fingerprint density at radius 2 is 2.24 bits per heavy atom. The highest BCUT2D eigenvalue weighted by molar-refractivity contribution is 5.76. The van der Waals surface area contributed by atoms with E-state index in [1.54, 1.807) is 0 Å². The number of nitrogens with zero attached hydrogens (tertiary/aromatic N) is 1. The quantitative estimate of drug-likeness (QED) is 0.760. The van der Waals surface area contributed by atoms with Crippen LogP contribution in [-0.4, -0.2) is 49.6 Å². The summed E-state index contributed by atoms with van der Waals surface area (Å²) in [6, 6.07) is 0.395. The second-order valence-electron chi connectivity index (χ2n) is 5.87. The van der Waals surface area contributed by atoms with Crippen molar-refractivity contribution in [2.75, 3.05) is 27.2 Å². The molecule has 4 nitrogen and oxygen atoms in total. The summed E-state index contributed by atoms with van der Waals surface area (Å²) in [7, 11) is 4.00. The van der Waals surface area contributed by atoms with Crippen LogP contribution in [0.2, 0.25) is 0 Å². The maximum Gasteiger partial charge on any atom is 0.221 e. The third-order valence-corrected chi connectivity index (χ3v) is 4.09. The van der Waals surface area contributed by atoms with Gasteiger partial charge in [-0.1, -0.05) is 0 Å². The van der Waals surface area contributed by atoms with Crippen molar-refractivity contribution in [1.29, 1.82) is 0 Å². The number of hydrogen-bond acceptors (Lipinski definition) is 3. The summed E-state index contributed by atoms with van der Waals surface area (Å²) in [5.74, 6) is 0.208. The maximum absolute atomic E-state index is 11.8. The van der Waals surface area contributed by atoms with Crippen molar-refractivity contribution in [2.24, 2.45) is 0 Å². The Kier molecular flexibility index (Phi) is 4.05. The molecule has 1 aliphatic heterocycles. The van der Waals surface area contributed by atoms with E-state index in [1.807, 2.05) is 14.1 Å². The van der Waals surface area contributed by atoms with Gasteiger partial charge in [0.05, 0.1) is 0 Å². The number of amides is 1. The molecule has 1 unspecified atom stereocenters. The van der Waals surface area contributed by atoms with Crippen molar-refractivity contribution in [1.82, 2.24) is 15.5 Å². The molecule has 1 atom stereocenters. The van der Waals surface area contributed by atoms with Crippen LogP contribution in [0, 0.1) is 0 Å². The second-order valence-corrected chi connectivity index (χ2v) is 5.87. The van der Waals surface area contributed by atoms with Gasteiger partial charge in [-0.15, -0.1) is 0 Å². The SMILES string of the molecule is CN(C)CCC(=O)NC1CCNC2(CCC2)C1. The molecule has 1 saturated carbocycles. The van der Waals surface area contributed by atoms with Crippen molar-refractivity contribution in [3.8, 4) is 0 Å². The van der Waals surface area contributed by atoms with E-state index in [4.69, 9.17) is 0 Å². The summed E-state index contributed by atoms with van der Waals surface area (Å²) in [4.78, 5) is 13.8. The predicted octanol–water partition coefficient (Wildman–Crippen LogP) is 0.729. The molecule has 2 rings (SSSR count). The van der Waals surface area contributed by atoms with Gasteiger partial charge in [0.1, 0.15) is 0 Å². The Labute approximate surface area is 104 Å². The summed E-state index contributed by atoms with van der Waals surface area (Å²) < 4.78 is 0. The summed E-state index contributed by atoms with van der Waals surface area (Å²) in [6.45, 7) is 1.89. The van der Waals surface area contributed by atoms with Crippen LogP contribution in [0.1, 0.15) is 38.5 Å². The molecule has 1 aliphatic carbocycles. The number of carbonyl (C=O) groups is 1. The molecule has 0 aromatic carbocycles. The van der Waals surface area contributed by atoms with Crippen molar-refractivity contribution < 1.29 is 4.79 Å². The minimum atomic E-state index is 0.208. The molecule has 17 heavy (non-hydrogen) atoms. The predicted molar refractivity (Wildman–Crippen MR) is 68.9 cm³/mol. The van der Waals surface area contributed by atoms with Gasteiger partial charge in [-0.05, 0) is 52.7 Å². The first-order valence-corrected chi connectivity index (χ1v) is 6.79. The van der Waals surface area contributed by atoms with Crippen molar-refractivity contribution in [3.63, 3.8) is 0 Å². The van der Waals surface area contributed by atoms with Gasteiger partial charge in [0.2, 0.25) is 5.91 Å². The topological polar surface area (TPSA) is 44.4 Å².